The number of aryl methyl sites for hydroxylation is 1. The number of sulfonamides is 1. The number of nitrogens with zero attached hydrogens (tertiary/aromatic N) is 3. The smallest absolute Gasteiger partial charge is 0.330 e. The number of ether oxygens (including phenoxy) is 1. The minimum Gasteiger partial charge on any atom is -0.459 e. The van der Waals surface area contributed by atoms with E-state index in [1.165, 1.54) is 36.9 Å². The van der Waals surface area contributed by atoms with E-state index < -0.39 is 38.9 Å². The number of benzene rings is 2. The number of esters is 1. The highest BCUT2D eigenvalue weighted by Crippen LogP contribution is 2.36. The van der Waals surface area contributed by atoms with E-state index in [2.05, 4.69) is 0 Å². The molecule has 1 aliphatic rings. The zero-order valence-corrected chi connectivity index (χ0v) is 20.5. The average molecular weight is 486 g/mol. The molecule has 10 heteroatoms. The SMILES string of the molecule is Cn1c(=O)c2cc(S(=O)(=O)N3CCc4ccccc4C3C(=O)OC(C)(C)C)ccc2n(C)c1=O. The van der Waals surface area contributed by atoms with Gasteiger partial charge in [-0.2, -0.15) is 4.31 Å². The molecule has 2 heterocycles. The van der Waals surface area contributed by atoms with Crippen molar-refractivity contribution in [3.8, 4) is 0 Å². The highest BCUT2D eigenvalue weighted by atomic mass is 32.2. The lowest BCUT2D eigenvalue weighted by molar-refractivity contribution is -0.160. The predicted octanol–water partition coefficient (Wildman–Crippen LogP) is 1.87. The van der Waals surface area contributed by atoms with Gasteiger partial charge in [0.05, 0.1) is 15.8 Å². The number of hydrogen-bond acceptors (Lipinski definition) is 6. The fourth-order valence-corrected chi connectivity index (χ4v) is 5.86. The molecular weight excluding hydrogens is 458 g/mol. The maximum absolute atomic E-state index is 13.8. The second-order valence-corrected chi connectivity index (χ2v) is 11.3. The lowest BCUT2D eigenvalue weighted by Gasteiger charge is -2.36. The van der Waals surface area contributed by atoms with Crippen molar-refractivity contribution >= 4 is 26.9 Å². The predicted molar refractivity (Wildman–Crippen MR) is 127 cm³/mol. The Morgan fingerprint density at radius 2 is 1.71 bits per heavy atom. The Kier molecular flexibility index (Phi) is 5.77. The molecule has 0 aliphatic carbocycles. The Balaban J connectivity index is 1.88. The van der Waals surface area contributed by atoms with Crippen molar-refractivity contribution in [3.05, 3.63) is 74.4 Å². The summed E-state index contributed by atoms with van der Waals surface area (Å²) in [5, 5.41) is 0.0944. The summed E-state index contributed by atoms with van der Waals surface area (Å²) in [6.45, 7) is 5.25. The molecule has 0 spiro atoms. The minimum atomic E-state index is -4.20. The molecule has 1 aliphatic heterocycles. The lowest BCUT2D eigenvalue weighted by Crippen LogP contribution is -2.45. The monoisotopic (exact) mass is 485 g/mol. The Hall–Kier alpha value is -3.24. The third-order valence-corrected chi connectivity index (χ3v) is 7.77. The van der Waals surface area contributed by atoms with E-state index in [4.69, 9.17) is 4.74 Å². The maximum Gasteiger partial charge on any atom is 0.330 e. The summed E-state index contributed by atoms with van der Waals surface area (Å²) in [5.41, 5.74) is -0.134. The molecule has 1 aromatic heterocycles. The van der Waals surface area contributed by atoms with Crippen LogP contribution in [0.1, 0.15) is 37.9 Å². The molecule has 0 saturated heterocycles. The van der Waals surface area contributed by atoms with Crippen LogP contribution in [0.3, 0.4) is 0 Å². The van der Waals surface area contributed by atoms with Gasteiger partial charge in [0.2, 0.25) is 10.0 Å². The van der Waals surface area contributed by atoms with Gasteiger partial charge >= 0.3 is 11.7 Å². The van der Waals surface area contributed by atoms with Gasteiger partial charge in [0.1, 0.15) is 11.6 Å². The van der Waals surface area contributed by atoms with Crippen LogP contribution in [0.4, 0.5) is 0 Å². The molecule has 0 bridgehead atoms. The molecule has 2 aromatic carbocycles. The van der Waals surface area contributed by atoms with Crippen molar-refractivity contribution in [2.75, 3.05) is 6.54 Å². The van der Waals surface area contributed by atoms with Crippen molar-refractivity contribution in [3.63, 3.8) is 0 Å². The Morgan fingerprint density at radius 1 is 1.03 bits per heavy atom. The third-order valence-electron chi connectivity index (χ3n) is 5.91. The Bertz CT molecular complexity index is 1530. The minimum absolute atomic E-state index is 0.0760. The second-order valence-electron chi connectivity index (χ2n) is 9.39. The van der Waals surface area contributed by atoms with Crippen LogP contribution < -0.4 is 11.2 Å². The Labute approximate surface area is 197 Å². The topological polar surface area (TPSA) is 108 Å². The first-order valence-electron chi connectivity index (χ1n) is 10.9. The van der Waals surface area contributed by atoms with Gasteiger partial charge in [0.25, 0.3) is 5.56 Å². The van der Waals surface area contributed by atoms with Crippen molar-refractivity contribution in [1.82, 2.24) is 13.4 Å². The van der Waals surface area contributed by atoms with Gasteiger partial charge in [0, 0.05) is 20.6 Å². The third kappa shape index (κ3) is 3.97. The van der Waals surface area contributed by atoms with Crippen molar-refractivity contribution < 1.29 is 17.9 Å². The van der Waals surface area contributed by atoms with E-state index in [-0.39, 0.29) is 16.8 Å². The molecule has 0 saturated carbocycles. The molecule has 9 nitrogen and oxygen atoms in total. The van der Waals surface area contributed by atoms with E-state index in [9.17, 15) is 22.8 Å². The van der Waals surface area contributed by atoms with Crippen molar-refractivity contribution in [2.24, 2.45) is 14.1 Å². The van der Waals surface area contributed by atoms with Gasteiger partial charge < -0.3 is 4.74 Å². The summed E-state index contributed by atoms with van der Waals surface area (Å²) in [4.78, 5) is 38.0. The molecule has 0 fully saturated rings. The van der Waals surface area contributed by atoms with Crippen LogP contribution in [0.15, 0.2) is 56.9 Å². The molecule has 1 atom stereocenters. The van der Waals surface area contributed by atoms with Crippen molar-refractivity contribution in [1.29, 1.82) is 0 Å². The van der Waals surface area contributed by atoms with E-state index in [0.29, 0.717) is 17.5 Å². The fraction of sp³-hybridized carbons (Fsp3) is 0.375. The van der Waals surface area contributed by atoms with E-state index in [1.54, 1.807) is 32.9 Å². The zero-order chi connectivity index (χ0) is 25.0. The molecule has 180 valence electrons. The van der Waals surface area contributed by atoms with E-state index in [0.717, 1.165) is 14.4 Å². The molecule has 4 rings (SSSR count). The van der Waals surface area contributed by atoms with Crippen LogP contribution >= 0.6 is 0 Å². The molecule has 0 radical (unpaired) electrons. The van der Waals surface area contributed by atoms with Gasteiger partial charge in [-0.3, -0.25) is 13.9 Å². The molecule has 34 heavy (non-hydrogen) atoms. The summed E-state index contributed by atoms with van der Waals surface area (Å²) < 4.78 is 36.6. The molecular formula is C24H27N3O6S. The van der Waals surface area contributed by atoms with Gasteiger partial charge in [-0.05, 0) is 56.5 Å². The number of carbonyl (C=O) groups excluding carboxylic acids is 1. The standard InChI is InChI=1S/C24H27N3O6S/c1-24(2,3)33-22(29)20-17-9-7-6-8-15(17)12-13-27(20)34(31,32)16-10-11-19-18(14-16)21(28)26(5)23(30)25(19)4/h6-11,14,20H,12-13H2,1-5H3. The summed E-state index contributed by atoms with van der Waals surface area (Å²) in [6, 6.07) is 10.1. The second kappa shape index (κ2) is 8.21. The molecule has 0 N–H and O–H groups in total. The zero-order valence-electron chi connectivity index (χ0n) is 19.7. The fourth-order valence-electron chi connectivity index (χ4n) is 4.27. The first-order valence-corrected chi connectivity index (χ1v) is 12.3. The quantitative estimate of drug-likeness (QED) is 0.524. The first-order chi connectivity index (χ1) is 15.8. The van der Waals surface area contributed by atoms with Gasteiger partial charge in [-0.1, -0.05) is 24.3 Å². The Morgan fingerprint density at radius 3 is 2.38 bits per heavy atom. The number of hydrogen-bond donors (Lipinski definition) is 0. The van der Waals surface area contributed by atoms with Gasteiger partial charge in [0.15, 0.2) is 0 Å². The lowest BCUT2D eigenvalue weighted by atomic mass is 9.94. The van der Waals surface area contributed by atoms with Gasteiger partial charge in [-0.25, -0.2) is 18.0 Å². The summed E-state index contributed by atoms with van der Waals surface area (Å²) in [5.74, 6) is -0.665. The van der Waals surface area contributed by atoms with Crippen LogP contribution in [0.25, 0.3) is 10.9 Å². The van der Waals surface area contributed by atoms with Crippen LogP contribution in [-0.4, -0.2) is 40.0 Å². The number of rotatable bonds is 3. The number of fused-ring (bicyclic) bond motifs is 2. The van der Waals surface area contributed by atoms with Crippen LogP contribution in [-0.2, 0) is 40.1 Å². The molecule has 3 aromatic rings. The summed E-state index contributed by atoms with van der Waals surface area (Å²) in [6.07, 6.45) is 0.429. The summed E-state index contributed by atoms with van der Waals surface area (Å²) >= 11 is 0. The number of carbonyl (C=O) groups is 1. The van der Waals surface area contributed by atoms with Gasteiger partial charge in [-0.15, -0.1) is 0 Å². The first kappa shape index (κ1) is 23.9. The van der Waals surface area contributed by atoms with E-state index >= 15 is 0 Å². The normalized spacial score (nSPS) is 16.9. The average Bonchev–Trinajstić information content (AvgIpc) is 2.78. The van der Waals surface area contributed by atoms with Crippen LogP contribution in [0, 0.1) is 0 Å². The summed E-state index contributed by atoms with van der Waals surface area (Å²) in [7, 11) is -1.35. The van der Waals surface area contributed by atoms with Crippen molar-refractivity contribution in [2.45, 2.75) is 43.7 Å². The van der Waals surface area contributed by atoms with E-state index in [1.807, 2.05) is 12.1 Å². The molecule has 0 amide bonds. The highest BCUT2D eigenvalue weighted by molar-refractivity contribution is 7.89. The largest absolute Gasteiger partial charge is 0.459 e. The van der Waals surface area contributed by atoms with Crippen LogP contribution in [0.2, 0.25) is 0 Å². The maximum atomic E-state index is 13.8. The molecule has 1 unspecified atom stereocenters. The van der Waals surface area contributed by atoms with Crippen LogP contribution in [0.5, 0.6) is 0 Å². The number of aromatic nitrogens is 2. The highest BCUT2D eigenvalue weighted by Gasteiger charge is 2.42.